The summed E-state index contributed by atoms with van der Waals surface area (Å²) in [6, 6.07) is 7.84. The van der Waals surface area contributed by atoms with Gasteiger partial charge in [0, 0.05) is 51.7 Å². The predicted octanol–water partition coefficient (Wildman–Crippen LogP) is 2.43. The molecule has 178 valence electrons. The number of anilines is 3. The molecule has 3 aromatic rings. The van der Waals surface area contributed by atoms with Gasteiger partial charge in [-0.25, -0.2) is 9.67 Å². The Morgan fingerprint density at radius 2 is 2.03 bits per heavy atom. The lowest BCUT2D eigenvalue weighted by molar-refractivity contribution is 0.0989. The molecule has 1 N–H and O–H groups in total. The van der Waals surface area contributed by atoms with Crippen LogP contribution in [0.1, 0.15) is 35.8 Å². The minimum Gasteiger partial charge on any atom is -0.357 e. The normalized spacial score (nSPS) is 16.1. The van der Waals surface area contributed by atoms with Gasteiger partial charge in [0.05, 0.1) is 17.6 Å². The predicted molar refractivity (Wildman–Crippen MR) is 132 cm³/mol. The van der Waals surface area contributed by atoms with Gasteiger partial charge >= 0.3 is 0 Å². The molecule has 0 spiro atoms. The topological polar surface area (TPSA) is 95.3 Å². The highest BCUT2D eigenvalue weighted by Gasteiger charge is 2.28. The lowest BCUT2D eigenvalue weighted by Gasteiger charge is -2.21. The number of fused-ring (bicyclic) bond motifs is 1. The molecule has 5 rings (SSSR count). The highest BCUT2D eigenvalue weighted by Crippen LogP contribution is 2.30. The third kappa shape index (κ3) is 4.72. The molecular formula is C24H31N9O. The second-order valence-corrected chi connectivity index (χ2v) is 9.15. The molecule has 10 heteroatoms. The SMILES string of the molecule is CCNc1ncc2c(n1)N(C)CCN(c1cccc(-n3cc(CN(C)CC4CC4)nn3)c1)C2=O. The van der Waals surface area contributed by atoms with Crippen molar-refractivity contribution in [2.45, 2.75) is 26.3 Å². The Hall–Kier alpha value is -3.53. The molecule has 1 amide bonds. The van der Waals surface area contributed by atoms with Crippen molar-refractivity contribution < 1.29 is 4.79 Å². The Morgan fingerprint density at radius 1 is 1.21 bits per heavy atom. The monoisotopic (exact) mass is 461 g/mol. The molecule has 2 aliphatic rings. The van der Waals surface area contributed by atoms with E-state index in [-0.39, 0.29) is 5.91 Å². The van der Waals surface area contributed by atoms with Crippen LogP contribution in [0.15, 0.2) is 36.7 Å². The summed E-state index contributed by atoms with van der Waals surface area (Å²) in [6.07, 6.45) is 6.25. The Bertz CT molecular complexity index is 1170. The molecule has 34 heavy (non-hydrogen) atoms. The van der Waals surface area contributed by atoms with Crippen molar-refractivity contribution in [2.24, 2.45) is 5.92 Å². The molecule has 0 radical (unpaired) electrons. The third-order valence-corrected chi connectivity index (χ3v) is 6.25. The van der Waals surface area contributed by atoms with E-state index in [0.717, 1.165) is 42.6 Å². The Kier molecular flexibility index (Phi) is 6.14. The summed E-state index contributed by atoms with van der Waals surface area (Å²) < 4.78 is 1.78. The standard InChI is InChI=1S/C24H31N9O/c1-4-25-24-26-13-21-22(27-24)31(3)10-11-32(23(21)34)19-6-5-7-20(12-19)33-16-18(28-29-33)15-30(2)14-17-8-9-17/h5-7,12-13,16-17H,4,8-11,14-15H2,1-3H3,(H,25,26,27). The minimum absolute atomic E-state index is 0.111. The van der Waals surface area contributed by atoms with Crippen molar-refractivity contribution in [2.75, 3.05) is 55.4 Å². The van der Waals surface area contributed by atoms with Gasteiger partial charge in [0.25, 0.3) is 5.91 Å². The van der Waals surface area contributed by atoms with Crippen LogP contribution in [0, 0.1) is 5.92 Å². The van der Waals surface area contributed by atoms with E-state index in [9.17, 15) is 4.79 Å². The first-order valence-electron chi connectivity index (χ1n) is 11.9. The highest BCUT2D eigenvalue weighted by molar-refractivity contribution is 6.09. The smallest absolute Gasteiger partial charge is 0.263 e. The zero-order chi connectivity index (χ0) is 23.7. The van der Waals surface area contributed by atoms with Crippen LogP contribution in [0.25, 0.3) is 5.69 Å². The maximum absolute atomic E-state index is 13.5. The molecule has 0 bridgehead atoms. The summed E-state index contributed by atoms with van der Waals surface area (Å²) in [5.74, 6) is 1.90. The van der Waals surface area contributed by atoms with E-state index in [2.05, 4.69) is 37.5 Å². The molecule has 1 aliphatic heterocycles. The number of hydrogen-bond donors (Lipinski definition) is 1. The summed E-state index contributed by atoms with van der Waals surface area (Å²) in [7, 11) is 4.08. The summed E-state index contributed by atoms with van der Waals surface area (Å²) in [5.41, 5.74) is 3.10. The third-order valence-electron chi connectivity index (χ3n) is 6.25. The van der Waals surface area contributed by atoms with Crippen LogP contribution < -0.4 is 15.1 Å². The van der Waals surface area contributed by atoms with Crippen molar-refractivity contribution in [3.63, 3.8) is 0 Å². The number of aromatic nitrogens is 5. The number of amides is 1. The van der Waals surface area contributed by atoms with Crippen LogP contribution in [-0.4, -0.2) is 76.0 Å². The number of hydrogen-bond acceptors (Lipinski definition) is 8. The fourth-order valence-electron chi connectivity index (χ4n) is 4.29. The molecule has 1 saturated carbocycles. The van der Waals surface area contributed by atoms with Gasteiger partial charge in [0.1, 0.15) is 11.4 Å². The Morgan fingerprint density at radius 3 is 2.82 bits per heavy atom. The first-order chi connectivity index (χ1) is 16.5. The molecule has 0 unspecified atom stereocenters. The number of nitrogens with one attached hydrogen (secondary N) is 1. The molecule has 10 nitrogen and oxygen atoms in total. The van der Waals surface area contributed by atoms with Crippen molar-refractivity contribution >= 4 is 23.4 Å². The molecule has 1 aliphatic carbocycles. The zero-order valence-corrected chi connectivity index (χ0v) is 20.0. The van der Waals surface area contributed by atoms with Crippen LogP contribution in [0.5, 0.6) is 0 Å². The summed E-state index contributed by atoms with van der Waals surface area (Å²) >= 11 is 0. The Labute approximate surface area is 199 Å². The van der Waals surface area contributed by atoms with E-state index in [1.165, 1.54) is 12.8 Å². The first kappa shape index (κ1) is 22.3. The second-order valence-electron chi connectivity index (χ2n) is 9.15. The highest BCUT2D eigenvalue weighted by atomic mass is 16.2. The lowest BCUT2D eigenvalue weighted by Crippen LogP contribution is -2.33. The minimum atomic E-state index is -0.111. The number of carbonyl (C=O) groups is 1. The van der Waals surface area contributed by atoms with Gasteiger partial charge in [-0.05, 0) is 50.9 Å². The zero-order valence-electron chi connectivity index (χ0n) is 20.0. The number of benzene rings is 1. The van der Waals surface area contributed by atoms with E-state index < -0.39 is 0 Å². The van der Waals surface area contributed by atoms with Crippen LogP contribution in [0.3, 0.4) is 0 Å². The number of nitrogens with zero attached hydrogens (tertiary/aromatic N) is 8. The second kappa shape index (κ2) is 9.38. The Balaban J connectivity index is 1.37. The molecule has 2 aromatic heterocycles. The van der Waals surface area contributed by atoms with Gasteiger partial charge in [0.2, 0.25) is 5.95 Å². The van der Waals surface area contributed by atoms with Crippen LogP contribution in [0.2, 0.25) is 0 Å². The van der Waals surface area contributed by atoms with E-state index in [0.29, 0.717) is 30.4 Å². The van der Waals surface area contributed by atoms with Crippen LogP contribution in [-0.2, 0) is 6.54 Å². The van der Waals surface area contributed by atoms with E-state index in [1.54, 1.807) is 15.8 Å². The van der Waals surface area contributed by atoms with Crippen LogP contribution in [0.4, 0.5) is 17.5 Å². The first-order valence-corrected chi connectivity index (χ1v) is 11.9. The van der Waals surface area contributed by atoms with Crippen molar-refractivity contribution in [3.05, 3.63) is 47.9 Å². The van der Waals surface area contributed by atoms with Gasteiger partial charge < -0.3 is 20.0 Å². The van der Waals surface area contributed by atoms with Crippen LogP contribution >= 0.6 is 0 Å². The van der Waals surface area contributed by atoms with Crippen molar-refractivity contribution in [1.82, 2.24) is 29.9 Å². The van der Waals surface area contributed by atoms with Crippen molar-refractivity contribution in [1.29, 1.82) is 0 Å². The van der Waals surface area contributed by atoms with E-state index in [1.807, 2.05) is 49.3 Å². The fraction of sp³-hybridized carbons (Fsp3) is 0.458. The van der Waals surface area contributed by atoms with Crippen molar-refractivity contribution in [3.8, 4) is 5.69 Å². The van der Waals surface area contributed by atoms with Gasteiger partial charge in [-0.2, -0.15) is 4.98 Å². The number of likely N-dealkylation sites (N-methyl/N-ethyl adjacent to an activating group) is 1. The maximum Gasteiger partial charge on any atom is 0.263 e. The van der Waals surface area contributed by atoms with E-state index in [4.69, 9.17) is 0 Å². The molecule has 3 heterocycles. The van der Waals surface area contributed by atoms with Gasteiger partial charge in [-0.1, -0.05) is 11.3 Å². The molecule has 1 fully saturated rings. The maximum atomic E-state index is 13.5. The largest absolute Gasteiger partial charge is 0.357 e. The molecule has 1 aromatic carbocycles. The lowest BCUT2D eigenvalue weighted by atomic mass is 10.2. The average molecular weight is 462 g/mol. The fourth-order valence-corrected chi connectivity index (χ4v) is 4.29. The molecule has 0 saturated heterocycles. The number of rotatable bonds is 8. The quantitative estimate of drug-likeness (QED) is 0.547. The van der Waals surface area contributed by atoms with Gasteiger partial charge in [0.15, 0.2) is 0 Å². The van der Waals surface area contributed by atoms with Gasteiger partial charge in [-0.15, -0.1) is 5.10 Å². The van der Waals surface area contributed by atoms with E-state index >= 15 is 0 Å². The molecular weight excluding hydrogens is 430 g/mol. The average Bonchev–Trinajstić information content (AvgIpc) is 3.55. The summed E-state index contributed by atoms with van der Waals surface area (Å²) in [4.78, 5) is 28.5. The summed E-state index contributed by atoms with van der Waals surface area (Å²) in [6.45, 7) is 5.79. The summed E-state index contributed by atoms with van der Waals surface area (Å²) in [5, 5.41) is 11.8. The number of carbonyl (C=O) groups excluding carboxylic acids is 1. The molecule has 0 atom stereocenters. The van der Waals surface area contributed by atoms with Gasteiger partial charge in [-0.3, -0.25) is 4.79 Å².